The predicted octanol–water partition coefficient (Wildman–Crippen LogP) is 1.64. The van der Waals surface area contributed by atoms with Crippen LogP contribution < -0.4 is 5.32 Å². The fourth-order valence-electron chi connectivity index (χ4n) is 3.30. The molecule has 1 amide bonds. The van der Waals surface area contributed by atoms with E-state index in [9.17, 15) is 4.79 Å². The lowest BCUT2D eigenvalue weighted by Gasteiger charge is -2.29. The number of carbonyl (C=O) groups is 1. The van der Waals surface area contributed by atoms with Crippen LogP contribution in [0.3, 0.4) is 0 Å². The number of amides is 1. The van der Waals surface area contributed by atoms with E-state index in [0.717, 1.165) is 25.9 Å². The predicted molar refractivity (Wildman–Crippen MR) is 87.1 cm³/mol. The second-order valence-electron chi connectivity index (χ2n) is 6.50. The van der Waals surface area contributed by atoms with Gasteiger partial charge >= 0.3 is 0 Å². The molecule has 1 N–H and O–H groups in total. The van der Waals surface area contributed by atoms with Crippen molar-refractivity contribution in [2.24, 2.45) is 5.92 Å². The molecule has 1 aromatic rings. The van der Waals surface area contributed by atoms with E-state index in [1.165, 1.54) is 31.0 Å². The van der Waals surface area contributed by atoms with Crippen molar-refractivity contribution in [2.75, 3.05) is 12.4 Å². The molecule has 1 aliphatic heterocycles. The van der Waals surface area contributed by atoms with Crippen LogP contribution in [0.15, 0.2) is 5.16 Å². The first-order chi connectivity index (χ1) is 11.2. The molecule has 128 valence electrons. The fourth-order valence-corrected chi connectivity index (χ4v) is 4.00. The van der Waals surface area contributed by atoms with Crippen LogP contribution in [0.5, 0.6) is 0 Å². The highest BCUT2D eigenvalue weighted by molar-refractivity contribution is 7.99. The molecule has 0 bridgehead atoms. The Bertz CT molecular complexity index is 518. The van der Waals surface area contributed by atoms with E-state index in [-0.39, 0.29) is 12.0 Å². The molecule has 3 rings (SSSR count). The number of ether oxygens (including phenoxy) is 1. The maximum absolute atomic E-state index is 12.2. The van der Waals surface area contributed by atoms with Gasteiger partial charge in [0.05, 0.1) is 18.4 Å². The van der Waals surface area contributed by atoms with Crippen LogP contribution in [0.4, 0.5) is 0 Å². The third-order valence-corrected chi connectivity index (χ3v) is 5.65. The number of hydrogen-bond acceptors (Lipinski definition) is 6. The summed E-state index contributed by atoms with van der Waals surface area (Å²) in [5, 5.41) is 15.6. The van der Waals surface area contributed by atoms with Crippen molar-refractivity contribution in [1.29, 1.82) is 0 Å². The van der Waals surface area contributed by atoms with Crippen LogP contribution in [0, 0.1) is 5.92 Å². The van der Waals surface area contributed by atoms with Crippen LogP contribution in [0.1, 0.15) is 45.4 Å². The van der Waals surface area contributed by atoms with Crippen molar-refractivity contribution in [3.05, 3.63) is 0 Å². The van der Waals surface area contributed by atoms with Gasteiger partial charge in [-0.15, -0.1) is 5.10 Å². The van der Waals surface area contributed by atoms with Crippen molar-refractivity contribution in [1.82, 2.24) is 25.5 Å². The lowest BCUT2D eigenvalue weighted by Crippen LogP contribution is -2.41. The molecule has 0 spiro atoms. The Hall–Kier alpha value is -1.15. The van der Waals surface area contributed by atoms with E-state index in [4.69, 9.17) is 4.74 Å². The van der Waals surface area contributed by atoms with Crippen LogP contribution in [-0.4, -0.2) is 50.6 Å². The largest absolute Gasteiger partial charge is 0.376 e. The van der Waals surface area contributed by atoms with Crippen molar-refractivity contribution in [3.63, 3.8) is 0 Å². The quantitative estimate of drug-likeness (QED) is 0.794. The lowest BCUT2D eigenvalue weighted by atomic mass is 9.86. The zero-order chi connectivity index (χ0) is 16.1. The molecule has 1 saturated heterocycles. The molecule has 2 heterocycles. The Labute approximate surface area is 140 Å². The molecular weight excluding hydrogens is 314 g/mol. The molecule has 23 heavy (non-hydrogen) atoms. The summed E-state index contributed by atoms with van der Waals surface area (Å²) in [6.07, 6.45) is 7.12. The third-order valence-electron chi connectivity index (χ3n) is 4.69. The topological polar surface area (TPSA) is 81.9 Å². The monoisotopic (exact) mass is 339 g/mol. The number of carbonyl (C=O) groups excluding carboxylic acids is 1. The highest BCUT2D eigenvalue weighted by atomic mass is 32.2. The van der Waals surface area contributed by atoms with E-state index in [1.807, 2.05) is 0 Å². The first kappa shape index (κ1) is 16.7. The molecule has 3 atom stereocenters. The van der Waals surface area contributed by atoms with Gasteiger partial charge in [-0.3, -0.25) is 4.79 Å². The van der Waals surface area contributed by atoms with Gasteiger partial charge in [0.25, 0.3) is 0 Å². The summed E-state index contributed by atoms with van der Waals surface area (Å²) in [6, 6.07) is 0.319. The zero-order valence-electron chi connectivity index (χ0n) is 13.6. The molecule has 3 unspecified atom stereocenters. The highest BCUT2D eigenvalue weighted by Crippen LogP contribution is 2.24. The molecule has 2 fully saturated rings. The van der Waals surface area contributed by atoms with Crippen LogP contribution in [-0.2, 0) is 16.1 Å². The third kappa shape index (κ3) is 4.67. The molecule has 2 aliphatic rings. The van der Waals surface area contributed by atoms with Crippen molar-refractivity contribution < 1.29 is 9.53 Å². The summed E-state index contributed by atoms with van der Waals surface area (Å²) in [6.45, 7) is 3.70. The second kappa shape index (κ2) is 8.10. The summed E-state index contributed by atoms with van der Waals surface area (Å²) >= 11 is 1.39. The number of thioether (sulfide) groups is 1. The first-order valence-corrected chi connectivity index (χ1v) is 9.51. The second-order valence-corrected chi connectivity index (χ2v) is 7.45. The van der Waals surface area contributed by atoms with E-state index in [0.29, 0.717) is 29.4 Å². The van der Waals surface area contributed by atoms with Gasteiger partial charge in [0, 0.05) is 12.6 Å². The summed E-state index contributed by atoms with van der Waals surface area (Å²) < 4.78 is 7.36. The SMILES string of the molecule is CC1CCCCC1NC(=O)CSc1nnnn1CC1CCCO1. The van der Waals surface area contributed by atoms with Gasteiger partial charge in [-0.1, -0.05) is 31.5 Å². The number of hydrogen-bond donors (Lipinski definition) is 1. The van der Waals surface area contributed by atoms with Gasteiger partial charge in [-0.2, -0.15) is 0 Å². The molecule has 7 nitrogen and oxygen atoms in total. The van der Waals surface area contributed by atoms with Crippen molar-refractivity contribution in [3.8, 4) is 0 Å². The van der Waals surface area contributed by atoms with E-state index in [1.54, 1.807) is 4.68 Å². The molecular formula is C15H25N5O2S. The standard InChI is InChI=1S/C15H25N5O2S/c1-11-5-2-3-7-13(11)16-14(21)10-23-15-17-18-19-20(15)9-12-6-4-8-22-12/h11-13H,2-10H2,1H3,(H,16,21). The van der Waals surface area contributed by atoms with Crippen molar-refractivity contribution >= 4 is 17.7 Å². The summed E-state index contributed by atoms with van der Waals surface area (Å²) in [7, 11) is 0. The number of aromatic nitrogens is 4. The Kier molecular flexibility index (Phi) is 5.88. The molecule has 1 saturated carbocycles. The van der Waals surface area contributed by atoms with Crippen LogP contribution >= 0.6 is 11.8 Å². The average Bonchev–Trinajstić information content (AvgIpc) is 3.20. The van der Waals surface area contributed by atoms with Gasteiger partial charge in [0.15, 0.2) is 0 Å². The zero-order valence-corrected chi connectivity index (χ0v) is 14.4. The highest BCUT2D eigenvalue weighted by Gasteiger charge is 2.23. The number of nitrogens with zero attached hydrogens (tertiary/aromatic N) is 4. The molecule has 8 heteroatoms. The van der Waals surface area contributed by atoms with Gasteiger partial charge in [0.2, 0.25) is 11.1 Å². The lowest BCUT2D eigenvalue weighted by molar-refractivity contribution is -0.119. The maximum Gasteiger partial charge on any atom is 0.230 e. The minimum atomic E-state index is 0.0698. The van der Waals surface area contributed by atoms with E-state index >= 15 is 0 Å². The first-order valence-electron chi connectivity index (χ1n) is 8.52. The van der Waals surface area contributed by atoms with Gasteiger partial charge in [-0.25, -0.2) is 4.68 Å². The number of nitrogens with one attached hydrogen (secondary N) is 1. The molecule has 1 aliphatic carbocycles. The van der Waals surface area contributed by atoms with Gasteiger partial charge in [0.1, 0.15) is 0 Å². The minimum absolute atomic E-state index is 0.0698. The Morgan fingerprint density at radius 3 is 3.00 bits per heavy atom. The van der Waals surface area contributed by atoms with Crippen LogP contribution in [0.2, 0.25) is 0 Å². The Balaban J connectivity index is 1.46. The average molecular weight is 339 g/mol. The Morgan fingerprint density at radius 2 is 2.22 bits per heavy atom. The van der Waals surface area contributed by atoms with Gasteiger partial charge < -0.3 is 10.1 Å². The van der Waals surface area contributed by atoms with Gasteiger partial charge in [-0.05, 0) is 42.0 Å². The van der Waals surface area contributed by atoms with E-state index in [2.05, 4.69) is 27.8 Å². The van der Waals surface area contributed by atoms with E-state index < -0.39 is 0 Å². The molecule has 0 aromatic carbocycles. The maximum atomic E-state index is 12.2. The van der Waals surface area contributed by atoms with Crippen LogP contribution in [0.25, 0.3) is 0 Å². The summed E-state index contributed by atoms with van der Waals surface area (Å²) in [5.74, 6) is 0.998. The smallest absolute Gasteiger partial charge is 0.230 e. The summed E-state index contributed by atoms with van der Waals surface area (Å²) in [4.78, 5) is 12.2. The fraction of sp³-hybridized carbons (Fsp3) is 0.867. The Morgan fingerprint density at radius 1 is 1.35 bits per heavy atom. The number of tetrazole rings is 1. The van der Waals surface area contributed by atoms with Crippen molar-refractivity contribution in [2.45, 2.75) is 69.3 Å². The minimum Gasteiger partial charge on any atom is -0.376 e. The molecule has 0 radical (unpaired) electrons. The normalized spacial score (nSPS) is 28.0. The number of rotatable bonds is 6. The molecule has 1 aromatic heterocycles. The summed E-state index contributed by atoms with van der Waals surface area (Å²) in [5.41, 5.74) is 0.